The largest absolute Gasteiger partial charge is 0.493 e. The Kier molecular flexibility index (Phi) is 5.97. The molecule has 0 N–H and O–H groups in total. The van der Waals surface area contributed by atoms with Crippen molar-refractivity contribution in [2.24, 2.45) is 4.99 Å². The van der Waals surface area contributed by atoms with Gasteiger partial charge in [0.25, 0.3) is 5.56 Å². The van der Waals surface area contributed by atoms with E-state index >= 15 is 0 Å². The molecule has 0 fully saturated rings. The molecule has 6 rings (SSSR count). The van der Waals surface area contributed by atoms with Gasteiger partial charge in [0.05, 0.1) is 27.4 Å². The number of thiazole rings is 1. The lowest BCUT2D eigenvalue weighted by Gasteiger charge is -2.30. The van der Waals surface area contributed by atoms with E-state index in [1.54, 1.807) is 10.6 Å². The van der Waals surface area contributed by atoms with Crippen LogP contribution in [0, 0.1) is 5.82 Å². The first-order chi connectivity index (χ1) is 17.5. The summed E-state index contributed by atoms with van der Waals surface area (Å²) >= 11 is 4.92. The third-order valence-electron chi connectivity index (χ3n) is 6.59. The second kappa shape index (κ2) is 9.30. The lowest BCUT2D eigenvalue weighted by molar-refractivity contribution is 0.338. The molecule has 180 valence electrons. The number of rotatable bonds is 4. The molecule has 2 aliphatic rings. The van der Waals surface area contributed by atoms with Crippen LogP contribution in [0.25, 0.3) is 11.8 Å². The lowest BCUT2D eigenvalue weighted by atomic mass is 9.83. The fraction of sp³-hybridized carbons (Fsp3) is 0.172. The summed E-state index contributed by atoms with van der Waals surface area (Å²) in [6.07, 6.45) is 3.51. The number of aryl methyl sites for hydroxylation is 1. The van der Waals surface area contributed by atoms with E-state index < -0.39 is 6.04 Å². The monoisotopic (exact) mass is 560 g/mol. The van der Waals surface area contributed by atoms with Crippen LogP contribution in [0.2, 0.25) is 0 Å². The standard InChI is InChI=1S/C29H22BrFN2O2S/c1-2-35-24-13-10-17(14-23(24)30)15-25-28(34)33-27(19-7-5-8-20(31)16-19)22-12-11-18-6-3-4-9-21(18)26(22)32-29(33)36-25/h3-10,13-16,27H,2,11-12H2,1H3/b25-15-. The molecule has 0 saturated carbocycles. The summed E-state index contributed by atoms with van der Waals surface area (Å²) in [5, 5.41) is 0. The molecule has 0 amide bonds. The predicted octanol–water partition coefficient (Wildman–Crippen LogP) is 5.62. The van der Waals surface area contributed by atoms with Gasteiger partial charge in [0.1, 0.15) is 11.6 Å². The number of nitrogens with zero attached hydrogens (tertiary/aromatic N) is 2. The van der Waals surface area contributed by atoms with Gasteiger partial charge >= 0.3 is 0 Å². The van der Waals surface area contributed by atoms with Gasteiger partial charge in [-0.25, -0.2) is 9.38 Å². The molecule has 36 heavy (non-hydrogen) atoms. The zero-order valence-corrected chi connectivity index (χ0v) is 21.9. The number of hydrogen-bond donors (Lipinski definition) is 0. The van der Waals surface area contributed by atoms with Crippen molar-refractivity contribution in [3.05, 3.63) is 125 Å². The van der Waals surface area contributed by atoms with E-state index in [-0.39, 0.29) is 11.4 Å². The number of ether oxygens (including phenoxy) is 1. The highest BCUT2D eigenvalue weighted by atomic mass is 79.9. The van der Waals surface area contributed by atoms with E-state index in [1.807, 2.05) is 49.4 Å². The van der Waals surface area contributed by atoms with Crippen LogP contribution in [0.1, 0.15) is 41.6 Å². The number of aromatic nitrogens is 1. The fourth-order valence-electron chi connectivity index (χ4n) is 5.03. The topological polar surface area (TPSA) is 43.6 Å². The van der Waals surface area contributed by atoms with E-state index in [1.165, 1.54) is 29.0 Å². The molecule has 1 atom stereocenters. The van der Waals surface area contributed by atoms with Crippen LogP contribution in [-0.4, -0.2) is 11.2 Å². The summed E-state index contributed by atoms with van der Waals surface area (Å²) in [5.41, 5.74) is 5.82. The maximum atomic E-state index is 14.3. The summed E-state index contributed by atoms with van der Waals surface area (Å²) in [6, 6.07) is 20.2. The predicted molar refractivity (Wildman–Crippen MR) is 144 cm³/mol. The van der Waals surface area contributed by atoms with Crippen LogP contribution in [0.3, 0.4) is 0 Å². The Morgan fingerprint density at radius 1 is 1.14 bits per heavy atom. The summed E-state index contributed by atoms with van der Waals surface area (Å²) < 4.78 is 23.1. The average molecular weight is 561 g/mol. The maximum Gasteiger partial charge on any atom is 0.271 e. The second-order valence-electron chi connectivity index (χ2n) is 8.79. The molecule has 0 radical (unpaired) electrons. The first-order valence-electron chi connectivity index (χ1n) is 11.8. The van der Waals surface area contributed by atoms with E-state index in [0.717, 1.165) is 51.0 Å². The second-order valence-corrected chi connectivity index (χ2v) is 10.7. The molecule has 0 spiro atoms. The normalized spacial score (nSPS) is 16.8. The molecule has 1 aliphatic heterocycles. The molecule has 7 heteroatoms. The minimum atomic E-state index is -0.394. The Morgan fingerprint density at radius 2 is 2.00 bits per heavy atom. The van der Waals surface area contributed by atoms with Crippen LogP contribution >= 0.6 is 27.3 Å². The third kappa shape index (κ3) is 3.96. The van der Waals surface area contributed by atoms with E-state index in [9.17, 15) is 9.18 Å². The summed E-state index contributed by atoms with van der Waals surface area (Å²) in [4.78, 5) is 19.4. The Morgan fingerprint density at radius 3 is 2.81 bits per heavy atom. The van der Waals surface area contributed by atoms with Crippen LogP contribution < -0.4 is 19.6 Å². The molecule has 0 bridgehead atoms. The number of allylic oxidation sites excluding steroid dienone is 1. The van der Waals surface area contributed by atoms with Crippen molar-refractivity contribution >= 4 is 39.0 Å². The zero-order valence-electron chi connectivity index (χ0n) is 19.5. The molecule has 3 aromatic carbocycles. The molecular weight excluding hydrogens is 539 g/mol. The average Bonchev–Trinajstić information content (AvgIpc) is 3.18. The van der Waals surface area contributed by atoms with Gasteiger partial charge in [0, 0.05) is 5.56 Å². The third-order valence-corrected chi connectivity index (χ3v) is 8.19. The SMILES string of the molecule is CCOc1ccc(/C=c2\sc3n(c2=O)C(c2cccc(F)c2)C2=C(N=3)c3ccccc3CC2)cc1Br. The smallest absolute Gasteiger partial charge is 0.271 e. The van der Waals surface area contributed by atoms with Gasteiger partial charge in [-0.2, -0.15) is 0 Å². The number of fused-ring (bicyclic) bond motifs is 3. The van der Waals surface area contributed by atoms with E-state index in [2.05, 4.69) is 28.1 Å². The molecule has 4 aromatic rings. The minimum absolute atomic E-state index is 0.122. The van der Waals surface area contributed by atoms with Crippen molar-refractivity contribution in [1.82, 2.24) is 4.57 Å². The summed E-state index contributed by atoms with van der Waals surface area (Å²) in [6.45, 7) is 2.51. The van der Waals surface area contributed by atoms with E-state index in [4.69, 9.17) is 9.73 Å². The van der Waals surface area contributed by atoms with Crippen LogP contribution in [0.15, 0.2) is 86.6 Å². The minimum Gasteiger partial charge on any atom is -0.493 e. The highest BCUT2D eigenvalue weighted by Crippen LogP contribution is 2.41. The van der Waals surface area contributed by atoms with Crippen LogP contribution in [0.5, 0.6) is 5.75 Å². The Labute approximate surface area is 219 Å². The maximum absolute atomic E-state index is 14.3. The van der Waals surface area contributed by atoms with Crippen molar-refractivity contribution in [3.8, 4) is 5.75 Å². The van der Waals surface area contributed by atoms with Crippen molar-refractivity contribution in [1.29, 1.82) is 0 Å². The molecule has 1 aromatic heterocycles. The quantitative estimate of drug-likeness (QED) is 0.325. The van der Waals surface area contributed by atoms with Gasteiger partial charge in [0.2, 0.25) is 0 Å². The number of hydrogen-bond acceptors (Lipinski definition) is 4. The first-order valence-corrected chi connectivity index (χ1v) is 13.5. The van der Waals surface area contributed by atoms with Crippen LogP contribution in [0.4, 0.5) is 4.39 Å². The highest BCUT2D eigenvalue weighted by molar-refractivity contribution is 9.10. The Balaban J connectivity index is 1.57. The van der Waals surface area contributed by atoms with Crippen molar-refractivity contribution in [2.45, 2.75) is 25.8 Å². The van der Waals surface area contributed by atoms with Gasteiger partial charge < -0.3 is 4.74 Å². The van der Waals surface area contributed by atoms with E-state index in [0.29, 0.717) is 15.9 Å². The van der Waals surface area contributed by atoms with Crippen LogP contribution in [-0.2, 0) is 6.42 Å². The molecule has 1 unspecified atom stereocenters. The van der Waals surface area contributed by atoms with Gasteiger partial charge in [-0.15, -0.1) is 0 Å². The van der Waals surface area contributed by atoms with Gasteiger partial charge in [0.15, 0.2) is 4.80 Å². The fourth-order valence-corrected chi connectivity index (χ4v) is 6.54. The highest BCUT2D eigenvalue weighted by Gasteiger charge is 2.32. The number of halogens is 2. The Bertz CT molecular complexity index is 1720. The molecular formula is C29H22BrFN2O2S. The van der Waals surface area contributed by atoms with Gasteiger partial charge in [-0.1, -0.05) is 53.8 Å². The zero-order chi connectivity index (χ0) is 24.8. The molecule has 1 aliphatic carbocycles. The van der Waals surface area contributed by atoms with Gasteiger partial charge in [-0.05, 0) is 88.3 Å². The lowest BCUT2D eigenvalue weighted by Crippen LogP contribution is -2.38. The molecule has 0 saturated heterocycles. The summed E-state index contributed by atoms with van der Waals surface area (Å²) in [5.74, 6) is 0.442. The number of benzene rings is 3. The van der Waals surface area contributed by atoms with Crippen molar-refractivity contribution < 1.29 is 9.13 Å². The van der Waals surface area contributed by atoms with Crippen molar-refractivity contribution in [2.75, 3.05) is 6.61 Å². The molecule has 4 nitrogen and oxygen atoms in total. The summed E-state index contributed by atoms with van der Waals surface area (Å²) in [7, 11) is 0. The Hall–Kier alpha value is -3.29. The molecule has 2 heterocycles. The van der Waals surface area contributed by atoms with Crippen molar-refractivity contribution in [3.63, 3.8) is 0 Å². The van der Waals surface area contributed by atoms with Gasteiger partial charge in [-0.3, -0.25) is 9.36 Å². The first kappa shape index (κ1) is 23.1.